The summed E-state index contributed by atoms with van der Waals surface area (Å²) < 4.78 is 1.59. The van der Waals surface area contributed by atoms with E-state index in [1.165, 1.54) is 12.4 Å². The Morgan fingerprint density at radius 1 is 1.08 bits per heavy atom. The third-order valence-corrected chi connectivity index (χ3v) is 3.77. The van der Waals surface area contributed by atoms with Gasteiger partial charge in [0.15, 0.2) is 5.69 Å². The number of anilines is 2. The lowest BCUT2D eigenvalue weighted by Crippen LogP contribution is -2.06. The smallest absolute Gasteiger partial charge is 0.158 e. The fourth-order valence-electron chi connectivity index (χ4n) is 2.49. The molecule has 0 saturated heterocycles. The molecule has 8 nitrogen and oxygen atoms in total. The van der Waals surface area contributed by atoms with Crippen LogP contribution in [0.5, 0.6) is 0 Å². The van der Waals surface area contributed by atoms with Crippen LogP contribution < -0.4 is 11.1 Å². The van der Waals surface area contributed by atoms with Crippen molar-refractivity contribution in [2.75, 3.05) is 17.6 Å². The molecule has 3 aromatic rings. The quantitative estimate of drug-likeness (QED) is 0.654. The number of hydrogen-bond donors (Lipinski definition) is 2. The first kappa shape index (κ1) is 16.9. The van der Waals surface area contributed by atoms with E-state index in [9.17, 15) is 5.26 Å². The van der Waals surface area contributed by atoms with Crippen molar-refractivity contribution < 1.29 is 0 Å². The average molecular weight is 344 g/mol. The van der Waals surface area contributed by atoms with Crippen molar-refractivity contribution in [1.82, 2.24) is 19.7 Å². The molecule has 3 N–H and O–H groups in total. The van der Waals surface area contributed by atoms with Gasteiger partial charge in [-0.25, -0.2) is 14.6 Å². The van der Waals surface area contributed by atoms with Crippen molar-refractivity contribution in [3.05, 3.63) is 59.7 Å². The van der Waals surface area contributed by atoms with Crippen LogP contribution in [0, 0.1) is 22.7 Å². The number of nitrogen functional groups attached to an aromatic ring is 1. The zero-order valence-corrected chi connectivity index (χ0v) is 13.9. The number of nitrogens with zero attached hydrogens (tertiary/aromatic N) is 6. The Labute approximate surface area is 150 Å². The van der Waals surface area contributed by atoms with E-state index in [4.69, 9.17) is 11.0 Å². The van der Waals surface area contributed by atoms with E-state index >= 15 is 0 Å². The summed E-state index contributed by atoms with van der Waals surface area (Å²) in [6.45, 7) is 0.629. The predicted molar refractivity (Wildman–Crippen MR) is 96.2 cm³/mol. The van der Waals surface area contributed by atoms with Gasteiger partial charge in [0.25, 0.3) is 0 Å². The highest BCUT2D eigenvalue weighted by Gasteiger charge is 2.16. The minimum atomic E-state index is 0.274. The van der Waals surface area contributed by atoms with Gasteiger partial charge in [0.05, 0.1) is 23.8 Å². The molecule has 1 aromatic carbocycles. The zero-order valence-electron chi connectivity index (χ0n) is 13.9. The van der Waals surface area contributed by atoms with Gasteiger partial charge in [-0.1, -0.05) is 18.2 Å². The molecule has 3 rings (SSSR count). The number of para-hydroxylation sites is 1. The second kappa shape index (κ2) is 7.77. The molecule has 0 aliphatic heterocycles. The first-order valence-electron chi connectivity index (χ1n) is 8.02. The molecule has 0 atom stereocenters. The zero-order chi connectivity index (χ0) is 18.4. The van der Waals surface area contributed by atoms with Crippen molar-refractivity contribution in [2.45, 2.75) is 12.8 Å². The summed E-state index contributed by atoms with van der Waals surface area (Å²) in [5, 5.41) is 25.7. The number of nitrogens with one attached hydrogen (secondary N) is 1. The molecule has 0 radical (unpaired) electrons. The fraction of sp³-hybridized carbons (Fsp3) is 0.167. The molecule has 0 unspecified atom stereocenters. The van der Waals surface area contributed by atoms with Gasteiger partial charge < -0.3 is 11.1 Å². The number of rotatable bonds is 6. The van der Waals surface area contributed by atoms with E-state index in [0.29, 0.717) is 35.9 Å². The molecule has 0 bridgehead atoms. The number of aryl methyl sites for hydroxylation is 1. The highest BCUT2D eigenvalue weighted by Crippen LogP contribution is 2.21. The number of nitriles is 2. The average Bonchev–Trinajstić information content (AvgIpc) is 3.01. The SMILES string of the molecule is N#Cc1cnc(NCCCc2nn(-c3ccccc3)c(N)c2C#N)cn1. The Morgan fingerprint density at radius 2 is 1.88 bits per heavy atom. The van der Waals surface area contributed by atoms with Crippen LogP contribution in [0.15, 0.2) is 42.7 Å². The fourth-order valence-corrected chi connectivity index (χ4v) is 2.49. The van der Waals surface area contributed by atoms with Crippen LogP contribution in [0.4, 0.5) is 11.6 Å². The molecular formula is C18H16N8. The van der Waals surface area contributed by atoms with Crippen LogP contribution in [-0.2, 0) is 6.42 Å². The Balaban J connectivity index is 1.64. The molecule has 2 aromatic heterocycles. The minimum Gasteiger partial charge on any atom is -0.382 e. The third-order valence-electron chi connectivity index (χ3n) is 3.77. The summed E-state index contributed by atoms with van der Waals surface area (Å²) in [5.74, 6) is 0.943. The van der Waals surface area contributed by atoms with Gasteiger partial charge in [-0.05, 0) is 25.0 Å². The van der Waals surface area contributed by atoms with Gasteiger partial charge in [0, 0.05) is 6.54 Å². The predicted octanol–water partition coefficient (Wildman–Crippen LogP) is 2.03. The van der Waals surface area contributed by atoms with Gasteiger partial charge in [0.2, 0.25) is 0 Å². The van der Waals surface area contributed by atoms with E-state index < -0.39 is 0 Å². The van der Waals surface area contributed by atoms with Crippen LogP contribution in [0.1, 0.15) is 23.4 Å². The molecule has 128 valence electrons. The van der Waals surface area contributed by atoms with Gasteiger partial charge in [-0.15, -0.1) is 0 Å². The number of benzene rings is 1. The lowest BCUT2D eigenvalue weighted by molar-refractivity contribution is 0.788. The molecule has 0 spiro atoms. The summed E-state index contributed by atoms with van der Waals surface area (Å²) in [6, 6.07) is 13.5. The van der Waals surface area contributed by atoms with Crippen LogP contribution in [0.2, 0.25) is 0 Å². The van der Waals surface area contributed by atoms with Crippen molar-refractivity contribution >= 4 is 11.6 Å². The minimum absolute atomic E-state index is 0.274. The Bertz CT molecular complexity index is 961. The second-order valence-corrected chi connectivity index (χ2v) is 5.50. The van der Waals surface area contributed by atoms with Crippen molar-refractivity contribution in [2.24, 2.45) is 0 Å². The standard InChI is InChI=1S/C18H16N8/c19-9-13-11-24-17(12-23-13)22-8-4-7-16-15(10-20)18(21)26(25-16)14-5-2-1-3-6-14/h1-3,5-6,11-12H,4,7-8,21H2,(H,22,24). The molecular weight excluding hydrogens is 328 g/mol. The topological polar surface area (TPSA) is 129 Å². The van der Waals surface area contributed by atoms with Crippen molar-refractivity contribution in [3.63, 3.8) is 0 Å². The van der Waals surface area contributed by atoms with E-state index in [1.807, 2.05) is 36.4 Å². The van der Waals surface area contributed by atoms with E-state index in [2.05, 4.69) is 26.5 Å². The summed E-state index contributed by atoms with van der Waals surface area (Å²) >= 11 is 0. The van der Waals surface area contributed by atoms with E-state index in [1.54, 1.807) is 4.68 Å². The summed E-state index contributed by atoms with van der Waals surface area (Å²) in [5.41, 5.74) is 8.26. The van der Waals surface area contributed by atoms with Crippen LogP contribution in [-0.4, -0.2) is 26.3 Å². The van der Waals surface area contributed by atoms with Crippen molar-refractivity contribution in [3.8, 4) is 17.8 Å². The Kier molecular flexibility index (Phi) is 5.06. The lowest BCUT2D eigenvalue weighted by atomic mass is 10.1. The largest absolute Gasteiger partial charge is 0.382 e. The van der Waals surface area contributed by atoms with Gasteiger partial charge in [0.1, 0.15) is 29.3 Å². The number of hydrogen-bond acceptors (Lipinski definition) is 7. The first-order chi connectivity index (χ1) is 12.7. The Morgan fingerprint density at radius 3 is 2.54 bits per heavy atom. The van der Waals surface area contributed by atoms with Crippen LogP contribution in [0.3, 0.4) is 0 Å². The van der Waals surface area contributed by atoms with Gasteiger partial charge in [-0.3, -0.25) is 0 Å². The summed E-state index contributed by atoms with van der Waals surface area (Å²) in [4.78, 5) is 8.05. The highest BCUT2D eigenvalue weighted by atomic mass is 15.3. The maximum absolute atomic E-state index is 9.40. The van der Waals surface area contributed by atoms with E-state index in [-0.39, 0.29) is 5.69 Å². The molecule has 0 amide bonds. The Hall–Kier alpha value is -3.91. The van der Waals surface area contributed by atoms with Gasteiger partial charge >= 0.3 is 0 Å². The van der Waals surface area contributed by atoms with Crippen molar-refractivity contribution in [1.29, 1.82) is 10.5 Å². The molecule has 0 aliphatic carbocycles. The summed E-state index contributed by atoms with van der Waals surface area (Å²) in [6.07, 6.45) is 4.27. The normalized spacial score (nSPS) is 10.1. The highest BCUT2D eigenvalue weighted by molar-refractivity contribution is 5.56. The maximum atomic E-state index is 9.40. The molecule has 0 aliphatic rings. The maximum Gasteiger partial charge on any atom is 0.158 e. The summed E-state index contributed by atoms with van der Waals surface area (Å²) in [7, 11) is 0. The molecule has 2 heterocycles. The van der Waals surface area contributed by atoms with Gasteiger partial charge in [-0.2, -0.15) is 15.6 Å². The molecule has 8 heteroatoms. The monoisotopic (exact) mass is 344 g/mol. The molecule has 26 heavy (non-hydrogen) atoms. The van der Waals surface area contributed by atoms with Crippen LogP contribution >= 0.6 is 0 Å². The molecule has 0 saturated carbocycles. The number of aromatic nitrogens is 4. The number of nitrogens with two attached hydrogens (primary N) is 1. The van der Waals surface area contributed by atoms with E-state index in [0.717, 1.165) is 12.1 Å². The second-order valence-electron chi connectivity index (χ2n) is 5.50. The van der Waals surface area contributed by atoms with Crippen LogP contribution in [0.25, 0.3) is 5.69 Å². The lowest BCUT2D eigenvalue weighted by Gasteiger charge is -2.04. The third kappa shape index (κ3) is 3.60. The molecule has 0 fully saturated rings. The first-order valence-corrected chi connectivity index (χ1v) is 8.02.